The fraction of sp³-hybridized carbons (Fsp3) is 0.800. The van der Waals surface area contributed by atoms with Crippen molar-refractivity contribution in [3.63, 3.8) is 0 Å². The van der Waals surface area contributed by atoms with E-state index in [4.69, 9.17) is 11.6 Å². The SMILES string of the molecule is CC(C)c1nsc(N2CCCC(Cl)C2)n1. The molecule has 0 N–H and O–H groups in total. The van der Waals surface area contributed by atoms with Crippen molar-refractivity contribution in [2.75, 3.05) is 18.0 Å². The summed E-state index contributed by atoms with van der Waals surface area (Å²) in [6.45, 7) is 6.21. The Morgan fingerprint density at radius 1 is 1.53 bits per heavy atom. The van der Waals surface area contributed by atoms with Crippen molar-refractivity contribution in [2.45, 2.75) is 38.0 Å². The molecule has 1 aromatic rings. The number of piperidine rings is 1. The lowest BCUT2D eigenvalue weighted by molar-refractivity contribution is 0.582. The second kappa shape index (κ2) is 4.66. The van der Waals surface area contributed by atoms with E-state index < -0.39 is 0 Å². The third kappa shape index (κ3) is 2.61. The van der Waals surface area contributed by atoms with Crippen LogP contribution in [0.25, 0.3) is 0 Å². The molecular formula is C10H16ClN3S. The number of alkyl halides is 1. The largest absolute Gasteiger partial charge is 0.345 e. The van der Waals surface area contributed by atoms with Gasteiger partial charge in [0.2, 0.25) is 5.13 Å². The molecule has 1 fully saturated rings. The van der Waals surface area contributed by atoms with Gasteiger partial charge in [0.05, 0.1) is 5.38 Å². The minimum Gasteiger partial charge on any atom is -0.345 e. The molecule has 2 rings (SSSR count). The molecule has 0 amide bonds. The van der Waals surface area contributed by atoms with Crippen molar-refractivity contribution in [3.05, 3.63) is 5.82 Å². The maximum absolute atomic E-state index is 6.15. The van der Waals surface area contributed by atoms with Gasteiger partial charge in [-0.15, -0.1) is 11.6 Å². The molecule has 5 heteroatoms. The number of hydrogen-bond acceptors (Lipinski definition) is 4. The Hall–Kier alpha value is -0.350. The summed E-state index contributed by atoms with van der Waals surface area (Å²) in [6, 6.07) is 0. The monoisotopic (exact) mass is 245 g/mol. The van der Waals surface area contributed by atoms with Crippen LogP contribution in [0, 0.1) is 0 Å². The van der Waals surface area contributed by atoms with Crippen LogP contribution in [-0.2, 0) is 0 Å². The van der Waals surface area contributed by atoms with Crippen molar-refractivity contribution in [1.82, 2.24) is 9.36 Å². The summed E-state index contributed by atoms with van der Waals surface area (Å²) in [6.07, 6.45) is 2.28. The minimum absolute atomic E-state index is 0.269. The molecule has 0 radical (unpaired) electrons. The number of aromatic nitrogens is 2. The highest BCUT2D eigenvalue weighted by Crippen LogP contribution is 2.25. The topological polar surface area (TPSA) is 29.0 Å². The van der Waals surface area contributed by atoms with Gasteiger partial charge in [-0.1, -0.05) is 13.8 Å². The van der Waals surface area contributed by atoms with E-state index in [2.05, 4.69) is 28.1 Å². The van der Waals surface area contributed by atoms with Gasteiger partial charge in [-0.05, 0) is 12.8 Å². The lowest BCUT2D eigenvalue weighted by atomic mass is 10.1. The average Bonchev–Trinajstić information content (AvgIpc) is 2.66. The zero-order valence-corrected chi connectivity index (χ0v) is 10.7. The minimum atomic E-state index is 0.269. The normalized spacial score (nSPS) is 22.4. The quantitative estimate of drug-likeness (QED) is 0.751. The molecule has 0 aliphatic carbocycles. The molecule has 2 heterocycles. The van der Waals surface area contributed by atoms with Gasteiger partial charge >= 0.3 is 0 Å². The summed E-state index contributed by atoms with van der Waals surface area (Å²) in [5.74, 6) is 1.36. The average molecular weight is 246 g/mol. The summed E-state index contributed by atoms with van der Waals surface area (Å²) in [5.41, 5.74) is 0. The summed E-state index contributed by atoms with van der Waals surface area (Å²) in [5, 5.41) is 1.30. The Morgan fingerprint density at radius 2 is 2.33 bits per heavy atom. The van der Waals surface area contributed by atoms with Gasteiger partial charge < -0.3 is 4.90 Å². The Balaban J connectivity index is 2.08. The standard InChI is InChI=1S/C10H16ClN3S/c1-7(2)9-12-10(15-13-9)14-5-3-4-8(11)6-14/h7-8H,3-6H2,1-2H3. The summed E-state index contributed by atoms with van der Waals surface area (Å²) in [7, 11) is 0. The van der Waals surface area contributed by atoms with Gasteiger partial charge in [-0.25, -0.2) is 4.98 Å². The van der Waals surface area contributed by atoms with Gasteiger partial charge in [-0.3, -0.25) is 0 Å². The highest BCUT2D eigenvalue weighted by atomic mass is 35.5. The van der Waals surface area contributed by atoms with Gasteiger partial charge in [0, 0.05) is 30.5 Å². The van der Waals surface area contributed by atoms with E-state index in [1.807, 2.05) is 0 Å². The van der Waals surface area contributed by atoms with Crippen molar-refractivity contribution < 1.29 is 0 Å². The molecule has 0 saturated carbocycles. The predicted molar refractivity (Wildman–Crippen MR) is 65.1 cm³/mol. The molecule has 3 nitrogen and oxygen atoms in total. The van der Waals surface area contributed by atoms with Crippen molar-refractivity contribution in [2.24, 2.45) is 0 Å². The second-order valence-corrected chi connectivity index (χ2v) is 5.62. The van der Waals surface area contributed by atoms with E-state index in [0.717, 1.165) is 36.9 Å². The van der Waals surface area contributed by atoms with Crippen LogP contribution in [0.15, 0.2) is 0 Å². The summed E-state index contributed by atoms with van der Waals surface area (Å²) >= 11 is 7.64. The van der Waals surface area contributed by atoms with Crippen LogP contribution in [0.1, 0.15) is 38.4 Å². The van der Waals surface area contributed by atoms with Gasteiger partial charge in [0.1, 0.15) is 5.82 Å². The van der Waals surface area contributed by atoms with Crippen molar-refractivity contribution in [3.8, 4) is 0 Å². The van der Waals surface area contributed by atoms with E-state index in [9.17, 15) is 0 Å². The van der Waals surface area contributed by atoms with Crippen LogP contribution in [0.4, 0.5) is 5.13 Å². The number of rotatable bonds is 2. The predicted octanol–water partition coefficient (Wildman–Crippen LogP) is 2.87. The lowest BCUT2D eigenvalue weighted by Gasteiger charge is -2.28. The second-order valence-electron chi connectivity index (χ2n) is 4.28. The molecule has 1 saturated heterocycles. The maximum atomic E-state index is 6.15. The molecule has 1 aliphatic rings. The Bertz CT molecular complexity index is 326. The molecule has 0 aromatic carbocycles. The van der Waals surface area contributed by atoms with E-state index in [1.165, 1.54) is 11.5 Å². The van der Waals surface area contributed by atoms with Crippen LogP contribution in [0.5, 0.6) is 0 Å². The van der Waals surface area contributed by atoms with E-state index >= 15 is 0 Å². The molecule has 1 atom stereocenters. The molecule has 0 bridgehead atoms. The lowest BCUT2D eigenvalue weighted by Crippen LogP contribution is -2.35. The number of hydrogen-bond donors (Lipinski definition) is 0. The van der Waals surface area contributed by atoms with Crippen LogP contribution >= 0.6 is 23.1 Å². The summed E-state index contributed by atoms with van der Waals surface area (Å²) < 4.78 is 4.36. The number of nitrogens with zero attached hydrogens (tertiary/aromatic N) is 3. The first-order valence-corrected chi connectivity index (χ1v) is 6.60. The first-order valence-electron chi connectivity index (χ1n) is 5.39. The molecular weight excluding hydrogens is 230 g/mol. The molecule has 0 spiro atoms. The van der Waals surface area contributed by atoms with Gasteiger partial charge in [0.25, 0.3) is 0 Å². The van der Waals surface area contributed by atoms with Crippen LogP contribution < -0.4 is 4.90 Å². The number of anilines is 1. The third-order valence-corrected chi connectivity index (χ3v) is 3.73. The first kappa shape index (κ1) is 11.1. The van der Waals surface area contributed by atoms with Crippen molar-refractivity contribution in [1.29, 1.82) is 0 Å². The first-order chi connectivity index (χ1) is 7.16. The molecule has 84 valence electrons. The van der Waals surface area contributed by atoms with Gasteiger partial charge in [-0.2, -0.15) is 4.37 Å². The summed E-state index contributed by atoms with van der Waals surface area (Å²) in [4.78, 5) is 6.80. The van der Waals surface area contributed by atoms with E-state index in [-0.39, 0.29) is 5.38 Å². The fourth-order valence-corrected chi connectivity index (χ4v) is 2.85. The molecule has 1 aliphatic heterocycles. The van der Waals surface area contributed by atoms with Crippen molar-refractivity contribution >= 4 is 28.3 Å². The van der Waals surface area contributed by atoms with Crippen LogP contribution in [0.2, 0.25) is 0 Å². The molecule has 1 unspecified atom stereocenters. The Kier molecular flexibility index (Phi) is 3.46. The zero-order chi connectivity index (χ0) is 10.8. The zero-order valence-electron chi connectivity index (χ0n) is 9.11. The van der Waals surface area contributed by atoms with Crippen LogP contribution in [0.3, 0.4) is 0 Å². The van der Waals surface area contributed by atoms with E-state index in [0.29, 0.717) is 5.92 Å². The van der Waals surface area contributed by atoms with E-state index in [1.54, 1.807) is 0 Å². The number of halogens is 1. The van der Waals surface area contributed by atoms with Crippen LogP contribution in [-0.4, -0.2) is 27.8 Å². The van der Waals surface area contributed by atoms with Gasteiger partial charge in [0.15, 0.2) is 0 Å². The maximum Gasteiger partial charge on any atom is 0.205 e. The smallest absolute Gasteiger partial charge is 0.205 e. The fourth-order valence-electron chi connectivity index (χ4n) is 1.69. The Labute approximate surface area is 99.6 Å². The molecule has 15 heavy (non-hydrogen) atoms. The molecule has 1 aromatic heterocycles. The third-order valence-electron chi connectivity index (χ3n) is 2.58. The highest BCUT2D eigenvalue weighted by Gasteiger charge is 2.21. The Morgan fingerprint density at radius 3 is 2.93 bits per heavy atom. The highest BCUT2D eigenvalue weighted by molar-refractivity contribution is 7.09.